The molecule has 1 aromatic carbocycles. The highest BCUT2D eigenvalue weighted by Gasteiger charge is 2.60. The van der Waals surface area contributed by atoms with Gasteiger partial charge < -0.3 is 9.47 Å². The van der Waals surface area contributed by atoms with E-state index in [4.69, 9.17) is 4.74 Å². The second-order valence-corrected chi connectivity index (χ2v) is 10.2. The minimum atomic E-state index is -5.29. The highest BCUT2D eigenvalue weighted by atomic mass is 79.9. The number of nitrogens with one attached hydrogen (secondary N) is 1. The Hall–Kier alpha value is -2.69. The summed E-state index contributed by atoms with van der Waals surface area (Å²) in [6, 6.07) is 5.60. The second kappa shape index (κ2) is 10.7. The Bertz CT molecular complexity index is 1240. The zero-order valence-electron chi connectivity index (χ0n) is 18.9. The molecule has 10 nitrogen and oxygen atoms in total. The predicted octanol–water partition coefficient (Wildman–Crippen LogP) is 3.99. The van der Waals surface area contributed by atoms with Crippen LogP contribution in [0.15, 0.2) is 45.9 Å². The van der Waals surface area contributed by atoms with E-state index in [-0.39, 0.29) is 4.60 Å². The maximum atomic E-state index is 14.8. The number of carbonyl (C=O) groups is 1. The average molecular weight is 602 g/mol. The number of ether oxygens (including phenoxy) is 2. The standard InChI is InChI=1S/C20H20BrF4N3O7S/c1-4-34-17(29)19(3,20(23,24)25)35-11-18(2,16-14(22)9-10-15(21)26-16)27-36(32,33)13-7-5-12(6-8-13)28(30)31/h5-10,27H,4,11H2,1-3H3/t18-,19+/m0/s1. The van der Waals surface area contributed by atoms with Gasteiger partial charge in [0.1, 0.15) is 16.1 Å². The first kappa shape index (κ1) is 29.5. The molecular weight excluding hydrogens is 582 g/mol. The summed E-state index contributed by atoms with van der Waals surface area (Å²) in [5.74, 6) is -2.89. The van der Waals surface area contributed by atoms with Crippen LogP contribution in [0.2, 0.25) is 0 Å². The summed E-state index contributed by atoms with van der Waals surface area (Å²) >= 11 is 2.99. The zero-order chi connectivity index (χ0) is 27.5. The fourth-order valence-corrected chi connectivity index (χ4v) is 4.54. The maximum Gasteiger partial charge on any atom is 0.428 e. The molecule has 0 saturated carbocycles. The average Bonchev–Trinajstić information content (AvgIpc) is 2.78. The zero-order valence-corrected chi connectivity index (χ0v) is 21.3. The van der Waals surface area contributed by atoms with Gasteiger partial charge >= 0.3 is 12.1 Å². The number of aromatic nitrogens is 1. The molecule has 1 N–H and O–H groups in total. The van der Waals surface area contributed by atoms with Crippen LogP contribution in [0.5, 0.6) is 0 Å². The monoisotopic (exact) mass is 601 g/mol. The smallest absolute Gasteiger partial charge is 0.428 e. The van der Waals surface area contributed by atoms with Crippen LogP contribution in [0.3, 0.4) is 0 Å². The highest BCUT2D eigenvalue weighted by molar-refractivity contribution is 9.10. The first-order valence-electron chi connectivity index (χ1n) is 9.95. The predicted molar refractivity (Wildman–Crippen MR) is 120 cm³/mol. The van der Waals surface area contributed by atoms with Gasteiger partial charge in [0.25, 0.3) is 11.3 Å². The molecule has 16 heteroatoms. The SMILES string of the molecule is CCOC(=O)[C@@](C)(OC[C@](C)(NS(=O)(=O)c1ccc([N+](=O)[O-])cc1)c1nc(Br)ccc1F)C(F)(F)F. The van der Waals surface area contributed by atoms with Gasteiger partial charge in [-0.25, -0.2) is 22.6 Å². The summed E-state index contributed by atoms with van der Waals surface area (Å²) in [7, 11) is -4.64. The lowest BCUT2D eigenvalue weighted by Gasteiger charge is -2.35. The van der Waals surface area contributed by atoms with Crippen molar-refractivity contribution in [2.24, 2.45) is 0 Å². The number of nitrogens with zero attached hydrogens (tertiary/aromatic N) is 2. The fraction of sp³-hybridized carbons (Fsp3) is 0.400. The topological polar surface area (TPSA) is 138 Å². The molecule has 198 valence electrons. The molecule has 2 aromatic rings. The van der Waals surface area contributed by atoms with Gasteiger partial charge in [0, 0.05) is 12.1 Å². The van der Waals surface area contributed by atoms with Crippen molar-refractivity contribution in [3.63, 3.8) is 0 Å². The summed E-state index contributed by atoms with van der Waals surface area (Å²) in [5.41, 5.74) is -6.93. The van der Waals surface area contributed by atoms with Gasteiger partial charge in [0.05, 0.1) is 28.6 Å². The number of carbonyl (C=O) groups excluding carboxylic acids is 1. The minimum Gasteiger partial charge on any atom is -0.464 e. The summed E-state index contributed by atoms with van der Waals surface area (Å²) < 4.78 is 93.7. The van der Waals surface area contributed by atoms with Gasteiger partial charge in [-0.1, -0.05) is 0 Å². The normalized spacial score (nSPS) is 15.6. The number of halogens is 5. The van der Waals surface area contributed by atoms with Crippen LogP contribution < -0.4 is 4.72 Å². The van der Waals surface area contributed by atoms with E-state index in [1.807, 2.05) is 4.72 Å². The molecular formula is C20H20BrF4N3O7S. The Morgan fingerprint density at radius 2 is 1.75 bits per heavy atom. The quantitative estimate of drug-likeness (QED) is 0.142. The van der Waals surface area contributed by atoms with E-state index in [1.165, 1.54) is 13.0 Å². The summed E-state index contributed by atoms with van der Waals surface area (Å²) in [5, 5.41) is 10.8. The third kappa shape index (κ3) is 6.35. The lowest BCUT2D eigenvalue weighted by molar-refractivity contribution is -0.384. The number of alkyl halides is 3. The van der Waals surface area contributed by atoms with E-state index in [0.29, 0.717) is 6.92 Å². The first-order valence-corrected chi connectivity index (χ1v) is 12.2. The third-order valence-electron chi connectivity index (χ3n) is 4.91. The molecule has 0 saturated heterocycles. The lowest BCUT2D eigenvalue weighted by Crippen LogP contribution is -2.56. The van der Waals surface area contributed by atoms with Crippen molar-refractivity contribution in [2.45, 2.75) is 43.0 Å². The van der Waals surface area contributed by atoms with Crippen LogP contribution in [-0.2, 0) is 29.8 Å². The van der Waals surface area contributed by atoms with Crippen molar-refractivity contribution in [1.29, 1.82) is 0 Å². The van der Waals surface area contributed by atoms with E-state index in [2.05, 4.69) is 25.7 Å². The summed E-state index contributed by atoms with van der Waals surface area (Å²) in [6.07, 6.45) is -5.29. The van der Waals surface area contributed by atoms with Gasteiger partial charge in [-0.05, 0) is 61.0 Å². The van der Waals surface area contributed by atoms with Gasteiger partial charge in [0.2, 0.25) is 10.0 Å². The van der Waals surface area contributed by atoms with Crippen LogP contribution in [0.25, 0.3) is 0 Å². The molecule has 0 aliphatic carbocycles. The number of sulfonamides is 1. The number of non-ortho nitro benzene ring substituents is 1. The summed E-state index contributed by atoms with van der Waals surface area (Å²) in [6.45, 7) is 1.03. The fourth-order valence-electron chi connectivity index (χ4n) is 2.87. The molecule has 0 spiro atoms. The molecule has 0 unspecified atom stereocenters. The number of benzene rings is 1. The van der Waals surface area contributed by atoms with E-state index in [0.717, 1.165) is 37.3 Å². The largest absolute Gasteiger partial charge is 0.464 e. The molecule has 1 heterocycles. The van der Waals surface area contributed by atoms with E-state index in [9.17, 15) is 40.9 Å². The first-order chi connectivity index (χ1) is 16.5. The van der Waals surface area contributed by atoms with E-state index < -0.39 is 73.5 Å². The number of hydrogen-bond acceptors (Lipinski definition) is 8. The number of pyridine rings is 1. The Morgan fingerprint density at radius 1 is 1.17 bits per heavy atom. The molecule has 0 radical (unpaired) electrons. The molecule has 2 rings (SSSR count). The van der Waals surface area contributed by atoms with Crippen molar-refractivity contribution < 1.29 is 45.2 Å². The summed E-state index contributed by atoms with van der Waals surface area (Å²) in [4.78, 5) is 25.5. The molecule has 0 aliphatic heterocycles. The Morgan fingerprint density at radius 3 is 2.25 bits per heavy atom. The van der Waals surface area contributed by atoms with Gasteiger partial charge in [-0.15, -0.1) is 0 Å². The number of nitro benzene ring substituents is 1. The van der Waals surface area contributed by atoms with Gasteiger partial charge in [-0.3, -0.25) is 10.1 Å². The van der Waals surface area contributed by atoms with E-state index >= 15 is 0 Å². The maximum absolute atomic E-state index is 14.8. The van der Waals surface area contributed by atoms with Crippen LogP contribution in [0.4, 0.5) is 23.2 Å². The van der Waals surface area contributed by atoms with Crippen molar-refractivity contribution in [2.75, 3.05) is 13.2 Å². The number of hydrogen-bond donors (Lipinski definition) is 1. The molecule has 1 aromatic heterocycles. The van der Waals surface area contributed by atoms with Crippen LogP contribution in [0.1, 0.15) is 26.5 Å². The second-order valence-electron chi connectivity index (χ2n) is 7.69. The van der Waals surface area contributed by atoms with E-state index in [1.54, 1.807) is 0 Å². The molecule has 0 aliphatic rings. The third-order valence-corrected chi connectivity index (χ3v) is 6.96. The molecule has 0 fully saturated rings. The Balaban J connectivity index is 2.57. The van der Waals surface area contributed by atoms with Crippen molar-refractivity contribution >= 4 is 37.6 Å². The lowest BCUT2D eigenvalue weighted by atomic mass is 9.98. The number of nitro groups is 1. The van der Waals surface area contributed by atoms with Gasteiger partial charge in [-0.2, -0.15) is 17.9 Å². The molecule has 2 atom stereocenters. The molecule has 36 heavy (non-hydrogen) atoms. The molecule has 0 bridgehead atoms. The Labute approximate surface area is 211 Å². The van der Waals surface area contributed by atoms with Crippen molar-refractivity contribution in [3.05, 3.63) is 62.6 Å². The van der Waals surface area contributed by atoms with Crippen LogP contribution in [0, 0.1) is 15.9 Å². The number of rotatable bonds is 10. The minimum absolute atomic E-state index is 0.0173. The van der Waals surface area contributed by atoms with Crippen LogP contribution >= 0.6 is 15.9 Å². The highest BCUT2D eigenvalue weighted by Crippen LogP contribution is 2.37. The van der Waals surface area contributed by atoms with Crippen molar-refractivity contribution in [1.82, 2.24) is 9.71 Å². The Kier molecular flexibility index (Phi) is 8.81. The number of esters is 1. The van der Waals surface area contributed by atoms with Crippen LogP contribution in [-0.4, -0.2) is 49.3 Å². The van der Waals surface area contributed by atoms with Gasteiger partial charge in [0.15, 0.2) is 0 Å². The molecule has 0 amide bonds. The van der Waals surface area contributed by atoms with Crippen molar-refractivity contribution in [3.8, 4) is 0 Å².